The molecule has 0 spiro atoms. The van der Waals surface area contributed by atoms with E-state index in [9.17, 15) is 14.9 Å². The van der Waals surface area contributed by atoms with Crippen LogP contribution in [0.3, 0.4) is 0 Å². The summed E-state index contributed by atoms with van der Waals surface area (Å²) in [6.07, 6.45) is 1.17. The van der Waals surface area contributed by atoms with Crippen molar-refractivity contribution in [3.8, 4) is 0 Å². The zero-order chi connectivity index (χ0) is 20.1. The highest BCUT2D eigenvalue weighted by atomic mass is 127. The van der Waals surface area contributed by atoms with Gasteiger partial charge in [-0.1, -0.05) is 17.7 Å². The molecule has 0 saturated carbocycles. The number of carbonyl (C=O) groups is 1. The van der Waals surface area contributed by atoms with Crippen LogP contribution in [-0.4, -0.2) is 20.8 Å². The number of benzene rings is 2. The maximum absolute atomic E-state index is 12.2. The van der Waals surface area contributed by atoms with Gasteiger partial charge in [-0.05, 0) is 65.9 Å². The lowest BCUT2D eigenvalue weighted by Crippen LogP contribution is -2.30. The molecule has 0 atom stereocenters. The number of hydrogen-bond donors (Lipinski definition) is 3. The number of anilines is 3. The standard InChI is InChI=1S/C18H15IN6O3/c1-11-2-4-12(5-3-11)18(26)24-23-17-15(25(27)28)16(20-10-21-17)22-14-8-6-13(19)7-9-14/h2-10H,1H3,(H,24,26)(H2,20,21,22,23). The molecule has 9 nitrogen and oxygen atoms in total. The molecular weight excluding hydrogens is 475 g/mol. The normalized spacial score (nSPS) is 10.2. The Kier molecular flexibility index (Phi) is 5.99. The van der Waals surface area contributed by atoms with Crippen molar-refractivity contribution in [1.29, 1.82) is 0 Å². The van der Waals surface area contributed by atoms with Crippen LogP contribution in [0.25, 0.3) is 0 Å². The van der Waals surface area contributed by atoms with E-state index in [1.807, 2.05) is 19.1 Å². The number of hydrogen-bond acceptors (Lipinski definition) is 7. The lowest BCUT2D eigenvalue weighted by atomic mass is 10.1. The van der Waals surface area contributed by atoms with Crippen LogP contribution in [0.4, 0.5) is 23.0 Å². The molecule has 142 valence electrons. The summed E-state index contributed by atoms with van der Waals surface area (Å²) < 4.78 is 1.03. The number of carbonyl (C=O) groups excluding carboxylic acids is 1. The van der Waals surface area contributed by atoms with E-state index in [1.54, 1.807) is 36.4 Å². The fourth-order valence-corrected chi connectivity index (χ4v) is 2.66. The number of amides is 1. The number of halogens is 1. The third kappa shape index (κ3) is 4.71. The fraction of sp³-hybridized carbons (Fsp3) is 0.0556. The third-order valence-corrected chi connectivity index (χ3v) is 4.44. The lowest BCUT2D eigenvalue weighted by Gasteiger charge is -2.11. The third-order valence-electron chi connectivity index (χ3n) is 3.72. The first-order chi connectivity index (χ1) is 13.4. The average molecular weight is 490 g/mol. The van der Waals surface area contributed by atoms with Crippen LogP contribution in [0.2, 0.25) is 0 Å². The Morgan fingerprint density at radius 2 is 1.68 bits per heavy atom. The largest absolute Gasteiger partial charge is 0.355 e. The second-order valence-corrected chi connectivity index (χ2v) is 7.00. The molecule has 28 heavy (non-hydrogen) atoms. The highest BCUT2D eigenvalue weighted by molar-refractivity contribution is 14.1. The number of nitro groups is 1. The average Bonchev–Trinajstić information content (AvgIpc) is 2.68. The van der Waals surface area contributed by atoms with E-state index in [0.717, 1.165) is 9.13 Å². The monoisotopic (exact) mass is 490 g/mol. The number of aromatic nitrogens is 2. The van der Waals surface area contributed by atoms with E-state index in [4.69, 9.17) is 0 Å². The first-order valence-corrected chi connectivity index (χ1v) is 9.17. The van der Waals surface area contributed by atoms with Crippen molar-refractivity contribution in [2.45, 2.75) is 6.92 Å². The van der Waals surface area contributed by atoms with Gasteiger partial charge in [-0.15, -0.1) is 0 Å². The first-order valence-electron chi connectivity index (χ1n) is 8.09. The summed E-state index contributed by atoms with van der Waals surface area (Å²) >= 11 is 2.16. The summed E-state index contributed by atoms with van der Waals surface area (Å²) in [4.78, 5) is 31.0. The number of nitrogens with one attached hydrogen (secondary N) is 3. The van der Waals surface area contributed by atoms with Gasteiger partial charge in [-0.25, -0.2) is 9.97 Å². The van der Waals surface area contributed by atoms with Gasteiger partial charge in [0, 0.05) is 14.8 Å². The summed E-state index contributed by atoms with van der Waals surface area (Å²) in [5.41, 5.74) is 6.60. The van der Waals surface area contributed by atoms with Gasteiger partial charge in [0.2, 0.25) is 11.6 Å². The molecule has 0 radical (unpaired) electrons. The number of rotatable bonds is 6. The van der Waals surface area contributed by atoms with Crippen LogP contribution in [0.5, 0.6) is 0 Å². The van der Waals surface area contributed by atoms with Crippen molar-refractivity contribution < 1.29 is 9.72 Å². The molecule has 1 aromatic heterocycles. The van der Waals surface area contributed by atoms with Crippen LogP contribution in [0.15, 0.2) is 54.9 Å². The van der Waals surface area contributed by atoms with Crippen molar-refractivity contribution in [1.82, 2.24) is 15.4 Å². The molecule has 0 bridgehead atoms. The van der Waals surface area contributed by atoms with Gasteiger partial charge in [-0.2, -0.15) is 0 Å². The van der Waals surface area contributed by atoms with Gasteiger partial charge in [0.05, 0.1) is 4.92 Å². The Morgan fingerprint density at radius 1 is 1.04 bits per heavy atom. The van der Waals surface area contributed by atoms with Gasteiger partial charge in [0.25, 0.3) is 5.91 Å². The Hall–Kier alpha value is -3.28. The summed E-state index contributed by atoms with van der Waals surface area (Å²) in [7, 11) is 0. The Labute approximate surface area is 173 Å². The molecule has 3 N–H and O–H groups in total. The van der Waals surface area contributed by atoms with E-state index in [1.165, 1.54) is 6.33 Å². The van der Waals surface area contributed by atoms with Gasteiger partial charge < -0.3 is 5.32 Å². The summed E-state index contributed by atoms with van der Waals surface area (Å²) in [6, 6.07) is 14.2. The molecular formula is C18H15IN6O3. The molecule has 0 aliphatic heterocycles. The molecule has 1 amide bonds. The van der Waals surface area contributed by atoms with Crippen LogP contribution in [-0.2, 0) is 0 Å². The van der Waals surface area contributed by atoms with Crippen LogP contribution >= 0.6 is 22.6 Å². The highest BCUT2D eigenvalue weighted by Gasteiger charge is 2.23. The van der Waals surface area contributed by atoms with E-state index >= 15 is 0 Å². The molecule has 0 fully saturated rings. The van der Waals surface area contributed by atoms with Crippen molar-refractivity contribution in [2.75, 3.05) is 10.7 Å². The zero-order valence-electron chi connectivity index (χ0n) is 14.6. The lowest BCUT2D eigenvalue weighted by molar-refractivity contribution is -0.383. The molecule has 2 aromatic carbocycles. The van der Waals surface area contributed by atoms with Crippen molar-refractivity contribution in [2.24, 2.45) is 0 Å². The first kappa shape index (κ1) is 19.5. The predicted octanol–water partition coefficient (Wildman–Crippen LogP) is 3.80. The van der Waals surface area contributed by atoms with Gasteiger partial charge in [-0.3, -0.25) is 25.8 Å². The molecule has 0 saturated heterocycles. The van der Waals surface area contributed by atoms with E-state index < -0.39 is 10.8 Å². The summed E-state index contributed by atoms with van der Waals surface area (Å²) in [5, 5.41) is 14.5. The van der Waals surface area contributed by atoms with Crippen LogP contribution < -0.4 is 16.2 Å². The molecule has 3 aromatic rings. The van der Waals surface area contributed by atoms with Crippen molar-refractivity contribution >= 4 is 51.5 Å². The van der Waals surface area contributed by atoms with Crippen LogP contribution in [0.1, 0.15) is 15.9 Å². The van der Waals surface area contributed by atoms with Crippen molar-refractivity contribution in [3.63, 3.8) is 0 Å². The number of nitrogens with zero attached hydrogens (tertiary/aromatic N) is 3. The minimum absolute atomic E-state index is 0.00768. The van der Waals surface area contributed by atoms with E-state index in [2.05, 4.69) is 48.7 Å². The number of hydrazine groups is 1. The molecule has 0 unspecified atom stereocenters. The summed E-state index contributed by atoms with van der Waals surface area (Å²) in [5.74, 6) is -0.568. The second kappa shape index (κ2) is 8.61. The SMILES string of the molecule is Cc1ccc(C(=O)NNc2ncnc(Nc3ccc(I)cc3)c2[N+](=O)[O-])cc1. The molecule has 0 aliphatic rings. The Morgan fingerprint density at radius 3 is 2.32 bits per heavy atom. The van der Waals surface area contributed by atoms with Gasteiger partial charge in [0.1, 0.15) is 6.33 Å². The van der Waals surface area contributed by atoms with Crippen molar-refractivity contribution in [3.05, 3.63) is 79.7 Å². The Bertz CT molecular complexity index is 1010. The second-order valence-electron chi connectivity index (χ2n) is 5.75. The molecule has 0 aliphatic carbocycles. The van der Waals surface area contributed by atoms with Gasteiger partial charge >= 0.3 is 5.69 Å². The predicted molar refractivity (Wildman–Crippen MR) is 113 cm³/mol. The zero-order valence-corrected chi connectivity index (χ0v) is 16.8. The maximum Gasteiger partial charge on any atom is 0.355 e. The molecule has 3 rings (SSSR count). The topological polar surface area (TPSA) is 122 Å². The van der Waals surface area contributed by atoms with E-state index in [-0.39, 0.29) is 17.3 Å². The molecule has 10 heteroatoms. The van der Waals surface area contributed by atoms with E-state index in [0.29, 0.717) is 11.3 Å². The Balaban J connectivity index is 1.80. The van der Waals surface area contributed by atoms with Crippen LogP contribution in [0, 0.1) is 20.6 Å². The quantitative estimate of drug-likeness (QED) is 0.273. The maximum atomic E-state index is 12.2. The summed E-state index contributed by atoms with van der Waals surface area (Å²) in [6.45, 7) is 1.91. The smallest absolute Gasteiger partial charge is 0.334 e. The highest BCUT2D eigenvalue weighted by Crippen LogP contribution is 2.30. The minimum Gasteiger partial charge on any atom is -0.334 e. The fourth-order valence-electron chi connectivity index (χ4n) is 2.30. The number of aryl methyl sites for hydroxylation is 1. The molecule has 1 heterocycles. The van der Waals surface area contributed by atoms with Gasteiger partial charge in [0.15, 0.2) is 0 Å². The minimum atomic E-state index is -0.616.